The third kappa shape index (κ3) is 7.67. The number of rotatable bonds is 5. The zero-order valence-electron chi connectivity index (χ0n) is 15.4. The van der Waals surface area contributed by atoms with Gasteiger partial charge in [-0.25, -0.2) is 0 Å². The molecule has 0 radical (unpaired) electrons. The Labute approximate surface area is 153 Å². The largest absolute Gasteiger partial charge is 0.758 e. The molecule has 0 atom stereocenters. The highest BCUT2D eigenvalue weighted by molar-refractivity contribution is 5.66. The highest BCUT2D eigenvalue weighted by atomic mass is 16.6. The predicted molar refractivity (Wildman–Crippen MR) is 97.9 cm³/mol. The SMILES string of the molecule is C1CC[NH2+]C1.C1CC[NH2+]C1.CCC(C)(C(=C=[N-])[N+](=O)[O-])C(=C=[N-])[N+](=O)[O-]. The molecule has 0 saturated carbocycles. The van der Waals surface area contributed by atoms with Gasteiger partial charge >= 0.3 is 0 Å². The summed E-state index contributed by atoms with van der Waals surface area (Å²) >= 11 is 0. The van der Waals surface area contributed by atoms with E-state index in [4.69, 9.17) is 10.8 Å². The standard InChI is InChI=1S/C8H8N4O4.2C4H9N/c1-3-8(2,6(4-9)11(13)14)7(5-10)12(15)16;2*1-2-4-5-3-1/h3H2,1-2H3;2*5H,1-4H2/q-2;;/p+2. The Bertz CT molecular complexity index is 510. The Morgan fingerprint density at radius 1 is 0.923 bits per heavy atom. The van der Waals surface area contributed by atoms with Gasteiger partial charge in [0.05, 0.1) is 36.0 Å². The van der Waals surface area contributed by atoms with Crippen LogP contribution in [0, 0.1) is 25.6 Å². The van der Waals surface area contributed by atoms with Crippen molar-refractivity contribution in [1.82, 2.24) is 0 Å². The molecule has 0 aromatic rings. The summed E-state index contributed by atoms with van der Waals surface area (Å²) in [5, 5.41) is 43.1. The topological polar surface area (TPSA) is 164 Å². The molecule has 0 bridgehead atoms. The highest BCUT2D eigenvalue weighted by Gasteiger charge is 2.46. The lowest BCUT2D eigenvalue weighted by molar-refractivity contribution is -0.635. The second-order valence-corrected chi connectivity index (χ2v) is 6.27. The molecule has 2 aliphatic rings. The van der Waals surface area contributed by atoms with Gasteiger partial charge in [0.25, 0.3) is 11.4 Å². The lowest BCUT2D eigenvalue weighted by Crippen LogP contribution is -2.80. The van der Waals surface area contributed by atoms with E-state index in [9.17, 15) is 20.2 Å². The number of nitrogens with two attached hydrogens (primary N) is 2. The fourth-order valence-electron chi connectivity index (χ4n) is 2.62. The summed E-state index contributed by atoms with van der Waals surface area (Å²) in [7, 11) is 0. The minimum absolute atomic E-state index is 0.0826. The average molecular weight is 368 g/mol. The molecule has 10 nitrogen and oxygen atoms in total. The molecular weight excluding hydrogens is 340 g/mol. The van der Waals surface area contributed by atoms with E-state index in [1.807, 2.05) is 0 Å². The first-order chi connectivity index (χ1) is 12.3. The maximum atomic E-state index is 10.6. The minimum atomic E-state index is -1.77. The van der Waals surface area contributed by atoms with Gasteiger partial charge in [-0.2, -0.15) is 11.7 Å². The van der Waals surface area contributed by atoms with Crippen molar-refractivity contribution in [3.8, 4) is 0 Å². The minimum Gasteiger partial charge on any atom is -0.758 e. The van der Waals surface area contributed by atoms with E-state index in [1.165, 1.54) is 70.5 Å². The number of nitrogens with zero attached hydrogens (tertiary/aromatic N) is 4. The molecule has 2 fully saturated rings. The van der Waals surface area contributed by atoms with Crippen LogP contribution in [-0.2, 0) is 0 Å². The average Bonchev–Trinajstić information content (AvgIpc) is 3.33. The lowest BCUT2D eigenvalue weighted by Gasteiger charge is -2.20. The van der Waals surface area contributed by atoms with Crippen molar-refractivity contribution in [2.45, 2.75) is 46.0 Å². The van der Waals surface area contributed by atoms with Crippen molar-refractivity contribution in [2.75, 3.05) is 26.2 Å². The van der Waals surface area contributed by atoms with E-state index in [2.05, 4.69) is 10.6 Å². The lowest BCUT2D eigenvalue weighted by atomic mass is 9.81. The van der Waals surface area contributed by atoms with Crippen LogP contribution in [0.1, 0.15) is 46.0 Å². The monoisotopic (exact) mass is 368 g/mol. The van der Waals surface area contributed by atoms with Gasteiger partial charge in [-0.05, 0) is 13.3 Å². The summed E-state index contributed by atoms with van der Waals surface area (Å²) in [6, 6.07) is 0. The van der Waals surface area contributed by atoms with Gasteiger partial charge in [-0.3, -0.25) is 20.2 Å². The molecule has 26 heavy (non-hydrogen) atoms. The molecule has 2 aliphatic heterocycles. The Kier molecular flexibility index (Phi) is 11.7. The van der Waals surface area contributed by atoms with Crippen molar-refractivity contribution >= 4 is 11.7 Å². The summed E-state index contributed by atoms with van der Waals surface area (Å²) in [4.78, 5) is 19.2. The van der Waals surface area contributed by atoms with Crippen LogP contribution in [-0.4, -0.2) is 47.8 Å². The number of hydrogen-bond donors (Lipinski definition) is 2. The number of nitro groups is 2. The summed E-state index contributed by atoms with van der Waals surface area (Å²) in [5.41, 5.74) is -3.57. The van der Waals surface area contributed by atoms with Gasteiger partial charge < -0.3 is 21.5 Å². The van der Waals surface area contributed by atoms with Crippen LogP contribution in [0.4, 0.5) is 0 Å². The molecule has 0 amide bonds. The molecule has 0 aromatic carbocycles. The summed E-state index contributed by atoms with van der Waals surface area (Å²) in [6.45, 7) is 8.07. The van der Waals surface area contributed by atoms with E-state index in [0.717, 1.165) is 6.92 Å². The highest BCUT2D eigenvalue weighted by Crippen LogP contribution is 2.36. The van der Waals surface area contributed by atoms with Gasteiger partial charge in [0, 0.05) is 25.7 Å². The van der Waals surface area contributed by atoms with Gasteiger partial charge in [0.1, 0.15) is 0 Å². The number of quaternary nitrogens is 2. The van der Waals surface area contributed by atoms with E-state index in [-0.39, 0.29) is 6.42 Å². The van der Waals surface area contributed by atoms with Crippen LogP contribution in [0.5, 0.6) is 0 Å². The normalized spacial score (nSPS) is 17.2. The van der Waals surface area contributed by atoms with Gasteiger partial charge in [-0.1, -0.05) is 6.92 Å². The maximum absolute atomic E-state index is 10.6. The smallest absolute Gasteiger partial charge is 0.282 e. The van der Waals surface area contributed by atoms with Gasteiger partial charge in [0.2, 0.25) is 0 Å². The van der Waals surface area contributed by atoms with Crippen LogP contribution < -0.4 is 10.6 Å². The van der Waals surface area contributed by atoms with E-state index in [0.29, 0.717) is 0 Å². The fraction of sp³-hybridized carbons (Fsp3) is 0.750. The summed E-state index contributed by atoms with van der Waals surface area (Å²) in [6.07, 6.45) is 5.70. The molecule has 0 spiro atoms. The Morgan fingerprint density at radius 2 is 1.23 bits per heavy atom. The molecule has 4 N–H and O–H groups in total. The molecule has 10 heteroatoms. The van der Waals surface area contributed by atoms with Crippen molar-refractivity contribution in [2.24, 2.45) is 5.41 Å². The molecule has 0 aromatic heterocycles. The van der Waals surface area contributed by atoms with Gasteiger partial charge in [0.15, 0.2) is 5.41 Å². The third-order valence-electron chi connectivity index (χ3n) is 4.46. The third-order valence-corrected chi connectivity index (χ3v) is 4.46. The molecular formula is C16H28N6O4. The molecule has 2 heterocycles. The first kappa shape index (κ1) is 23.6. The summed E-state index contributed by atoms with van der Waals surface area (Å²) < 4.78 is 0. The fourth-order valence-corrected chi connectivity index (χ4v) is 2.62. The van der Waals surface area contributed by atoms with E-state index in [1.54, 1.807) is 0 Å². The number of hydrogen-bond acceptors (Lipinski definition) is 4. The zero-order valence-corrected chi connectivity index (χ0v) is 15.4. The Balaban J connectivity index is 0.000000494. The predicted octanol–water partition coefficient (Wildman–Crippen LogP) is -0.111. The van der Waals surface area contributed by atoms with Crippen LogP contribution in [0.2, 0.25) is 0 Å². The van der Waals surface area contributed by atoms with Crippen molar-refractivity contribution < 1.29 is 20.5 Å². The van der Waals surface area contributed by atoms with Crippen molar-refractivity contribution in [3.63, 3.8) is 0 Å². The first-order valence-corrected chi connectivity index (χ1v) is 8.82. The van der Waals surface area contributed by atoms with Crippen LogP contribution >= 0.6 is 0 Å². The summed E-state index contributed by atoms with van der Waals surface area (Å²) in [5.74, 6) is 2.61. The Hall–Kier alpha value is -2.38. The van der Waals surface area contributed by atoms with Crippen molar-refractivity contribution in [1.29, 1.82) is 0 Å². The molecule has 0 aliphatic carbocycles. The van der Waals surface area contributed by atoms with E-state index < -0.39 is 26.7 Å². The van der Waals surface area contributed by atoms with Crippen LogP contribution in [0.15, 0.2) is 11.4 Å². The van der Waals surface area contributed by atoms with Gasteiger partial charge in [-0.15, -0.1) is 0 Å². The molecule has 0 unspecified atom stereocenters. The second kappa shape index (κ2) is 12.9. The quantitative estimate of drug-likeness (QED) is 0.393. The van der Waals surface area contributed by atoms with E-state index >= 15 is 0 Å². The van der Waals surface area contributed by atoms with Crippen LogP contribution in [0.25, 0.3) is 10.8 Å². The van der Waals surface area contributed by atoms with Crippen molar-refractivity contribution in [3.05, 3.63) is 42.4 Å². The second-order valence-electron chi connectivity index (χ2n) is 6.27. The van der Waals surface area contributed by atoms with Crippen LogP contribution in [0.3, 0.4) is 0 Å². The molecule has 2 saturated heterocycles. The zero-order chi connectivity index (χ0) is 20.0. The first-order valence-electron chi connectivity index (χ1n) is 8.82. The molecule has 2 rings (SSSR count). The Morgan fingerprint density at radius 3 is 1.35 bits per heavy atom. The maximum Gasteiger partial charge on any atom is 0.282 e. The molecule has 146 valence electrons.